The monoisotopic (exact) mass is 328 g/mol. The van der Waals surface area contributed by atoms with Crippen molar-refractivity contribution in [2.24, 2.45) is 28.1 Å². The van der Waals surface area contributed by atoms with Gasteiger partial charge in [0.2, 0.25) is 17.7 Å². The van der Waals surface area contributed by atoms with Crippen LogP contribution in [0.2, 0.25) is 0 Å². The molecule has 0 aliphatic heterocycles. The topological polar surface area (TPSA) is 166 Å². The second-order valence-corrected chi connectivity index (χ2v) is 5.80. The van der Waals surface area contributed by atoms with Crippen molar-refractivity contribution in [3.05, 3.63) is 0 Å². The lowest BCUT2D eigenvalue weighted by Gasteiger charge is -2.22. The fourth-order valence-electron chi connectivity index (χ4n) is 2.01. The third kappa shape index (κ3) is 10.1. The van der Waals surface area contributed by atoms with Crippen LogP contribution in [-0.4, -0.2) is 42.3 Å². The van der Waals surface area contributed by atoms with Gasteiger partial charge >= 0.3 is 0 Å². The second-order valence-electron chi connectivity index (χ2n) is 5.80. The number of nitrogens with one attached hydrogen (secondary N) is 2. The fourth-order valence-corrected chi connectivity index (χ4v) is 2.01. The third-order valence-electron chi connectivity index (χ3n) is 3.01. The van der Waals surface area contributed by atoms with Crippen molar-refractivity contribution in [1.82, 2.24) is 10.6 Å². The van der Waals surface area contributed by atoms with Crippen LogP contribution < -0.4 is 27.8 Å². The number of primary amides is 1. The van der Waals surface area contributed by atoms with Crippen LogP contribution in [0, 0.1) is 5.92 Å². The lowest BCUT2D eigenvalue weighted by Crippen LogP contribution is -2.53. The molecular formula is C14H28N6O3. The van der Waals surface area contributed by atoms with E-state index in [1.165, 1.54) is 6.92 Å². The van der Waals surface area contributed by atoms with Gasteiger partial charge < -0.3 is 27.8 Å². The quantitative estimate of drug-likeness (QED) is 0.188. The molecule has 9 nitrogen and oxygen atoms in total. The number of hydrogen-bond donors (Lipinski definition) is 5. The van der Waals surface area contributed by atoms with Crippen molar-refractivity contribution in [2.75, 3.05) is 6.54 Å². The van der Waals surface area contributed by atoms with Gasteiger partial charge in [0.05, 0.1) is 0 Å². The molecule has 132 valence electrons. The van der Waals surface area contributed by atoms with Crippen LogP contribution in [0.3, 0.4) is 0 Å². The van der Waals surface area contributed by atoms with E-state index >= 15 is 0 Å². The molecule has 0 aromatic rings. The van der Waals surface area contributed by atoms with E-state index in [4.69, 9.17) is 17.2 Å². The molecule has 0 heterocycles. The van der Waals surface area contributed by atoms with Gasteiger partial charge in [0.25, 0.3) is 0 Å². The summed E-state index contributed by atoms with van der Waals surface area (Å²) >= 11 is 0. The summed E-state index contributed by atoms with van der Waals surface area (Å²) in [4.78, 5) is 38.8. The van der Waals surface area contributed by atoms with Crippen molar-refractivity contribution in [1.29, 1.82) is 0 Å². The Morgan fingerprint density at radius 1 is 1.04 bits per heavy atom. The summed E-state index contributed by atoms with van der Waals surface area (Å²) in [5.74, 6) is -1.24. The number of carbonyl (C=O) groups is 3. The molecule has 0 fully saturated rings. The van der Waals surface area contributed by atoms with E-state index in [-0.39, 0.29) is 17.8 Å². The average molecular weight is 328 g/mol. The zero-order valence-electron chi connectivity index (χ0n) is 14.0. The molecule has 0 radical (unpaired) electrons. The number of amides is 3. The first-order chi connectivity index (χ1) is 10.6. The Hall–Kier alpha value is -2.32. The summed E-state index contributed by atoms with van der Waals surface area (Å²) in [6, 6.07) is -1.54. The van der Waals surface area contributed by atoms with Gasteiger partial charge in [0.15, 0.2) is 5.96 Å². The standard InChI is InChI=1S/C14H28N6O3/c1-8(2)7-11(12(15)22)20-13(23)10(19-9(3)21)5-4-6-18-14(16)17/h8,10-11H,4-7H2,1-3H3,(H2,15,22)(H,19,21)(H,20,23)(H4,16,17,18)/t10-,11?/m1/s1. The highest BCUT2D eigenvalue weighted by Crippen LogP contribution is 2.06. The van der Waals surface area contributed by atoms with E-state index in [0.29, 0.717) is 25.8 Å². The SMILES string of the molecule is CC(=O)N[C@H](CCCN=C(N)N)C(=O)NC(CC(C)C)C(N)=O. The van der Waals surface area contributed by atoms with Crippen molar-refractivity contribution >= 4 is 23.7 Å². The maximum atomic E-state index is 12.3. The van der Waals surface area contributed by atoms with Gasteiger partial charge in [-0.15, -0.1) is 0 Å². The Labute approximate surface area is 136 Å². The van der Waals surface area contributed by atoms with Crippen LogP contribution in [0.5, 0.6) is 0 Å². The Bertz CT molecular complexity index is 446. The van der Waals surface area contributed by atoms with Crippen LogP contribution >= 0.6 is 0 Å². The van der Waals surface area contributed by atoms with E-state index in [9.17, 15) is 14.4 Å². The summed E-state index contributed by atoms with van der Waals surface area (Å²) in [5.41, 5.74) is 15.7. The third-order valence-corrected chi connectivity index (χ3v) is 3.01. The van der Waals surface area contributed by atoms with E-state index in [0.717, 1.165) is 0 Å². The van der Waals surface area contributed by atoms with Crippen molar-refractivity contribution in [2.45, 2.75) is 52.1 Å². The molecule has 0 saturated carbocycles. The summed E-state index contributed by atoms with van der Waals surface area (Å²) in [6.45, 7) is 5.50. The minimum Gasteiger partial charge on any atom is -0.370 e. The molecule has 3 amide bonds. The first kappa shape index (κ1) is 20.7. The summed E-state index contributed by atoms with van der Waals surface area (Å²) in [7, 11) is 0. The fraction of sp³-hybridized carbons (Fsp3) is 0.714. The van der Waals surface area contributed by atoms with Gasteiger partial charge in [-0.2, -0.15) is 0 Å². The van der Waals surface area contributed by atoms with Crippen LogP contribution in [-0.2, 0) is 14.4 Å². The van der Waals surface area contributed by atoms with Crippen LogP contribution in [0.25, 0.3) is 0 Å². The molecule has 0 spiro atoms. The van der Waals surface area contributed by atoms with Gasteiger partial charge in [-0.3, -0.25) is 19.4 Å². The average Bonchev–Trinajstić information content (AvgIpc) is 2.39. The van der Waals surface area contributed by atoms with Gasteiger partial charge in [-0.05, 0) is 25.2 Å². The minimum atomic E-state index is -0.768. The molecule has 0 aromatic carbocycles. The number of carbonyl (C=O) groups excluding carboxylic acids is 3. The van der Waals surface area contributed by atoms with Gasteiger partial charge in [0, 0.05) is 13.5 Å². The van der Waals surface area contributed by atoms with Crippen molar-refractivity contribution in [3.8, 4) is 0 Å². The molecule has 0 bridgehead atoms. The summed E-state index contributed by atoms with van der Waals surface area (Å²) in [5, 5.41) is 5.14. The highest BCUT2D eigenvalue weighted by Gasteiger charge is 2.25. The number of aliphatic imine (C=N–C) groups is 1. The molecule has 8 N–H and O–H groups in total. The molecule has 0 aliphatic carbocycles. The number of nitrogens with zero attached hydrogens (tertiary/aromatic N) is 1. The Balaban J connectivity index is 4.73. The smallest absolute Gasteiger partial charge is 0.243 e. The molecule has 23 heavy (non-hydrogen) atoms. The highest BCUT2D eigenvalue weighted by molar-refractivity contribution is 5.91. The van der Waals surface area contributed by atoms with E-state index < -0.39 is 23.9 Å². The predicted molar refractivity (Wildman–Crippen MR) is 88.1 cm³/mol. The largest absolute Gasteiger partial charge is 0.370 e. The van der Waals surface area contributed by atoms with Crippen molar-refractivity contribution < 1.29 is 14.4 Å². The van der Waals surface area contributed by atoms with E-state index in [2.05, 4.69) is 15.6 Å². The van der Waals surface area contributed by atoms with Crippen LogP contribution in [0.1, 0.15) is 40.0 Å². The van der Waals surface area contributed by atoms with Crippen LogP contribution in [0.4, 0.5) is 0 Å². The summed E-state index contributed by atoms with van der Waals surface area (Å²) in [6.07, 6.45) is 1.28. The lowest BCUT2D eigenvalue weighted by molar-refractivity contribution is -0.131. The number of rotatable bonds is 10. The zero-order chi connectivity index (χ0) is 18.0. The summed E-state index contributed by atoms with van der Waals surface area (Å²) < 4.78 is 0. The van der Waals surface area contributed by atoms with E-state index in [1.807, 2.05) is 13.8 Å². The molecular weight excluding hydrogens is 300 g/mol. The predicted octanol–water partition coefficient (Wildman–Crippen LogP) is -1.44. The molecule has 0 saturated heterocycles. The van der Waals surface area contributed by atoms with Crippen molar-refractivity contribution in [3.63, 3.8) is 0 Å². The number of guanidine groups is 1. The first-order valence-electron chi connectivity index (χ1n) is 7.55. The zero-order valence-corrected chi connectivity index (χ0v) is 14.0. The number of nitrogens with two attached hydrogens (primary N) is 3. The molecule has 0 aromatic heterocycles. The molecule has 0 aliphatic rings. The Morgan fingerprint density at radius 2 is 1.65 bits per heavy atom. The highest BCUT2D eigenvalue weighted by atomic mass is 16.2. The number of hydrogen-bond acceptors (Lipinski definition) is 4. The molecule has 2 atom stereocenters. The first-order valence-corrected chi connectivity index (χ1v) is 7.55. The molecule has 9 heteroatoms. The molecule has 0 rings (SSSR count). The molecule has 1 unspecified atom stereocenters. The van der Waals surface area contributed by atoms with Crippen LogP contribution in [0.15, 0.2) is 4.99 Å². The second kappa shape index (κ2) is 10.4. The Morgan fingerprint density at radius 3 is 2.09 bits per heavy atom. The van der Waals surface area contributed by atoms with Gasteiger partial charge in [-0.25, -0.2) is 0 Å². The van der Waals surface area contributed by atoms with Gasteiger partial charge in [0.1, 0.15) is 12.1 Å². The lowest BCUT2D eigenvalue weighted by atomic mass is 10.0. The van der Waals surface area contributed by atoms with E-state index in [1.54, 1.807) is 0 Å². The maximum Gasteiger partial charge on any atom is 0.243 e. The maximum absolute atomic E-state index is 12.3. The van der Waals surface area contributed by atoms with Gasteiger partial charge in [-0.1, -0.05) is 13.8 Å². The minimum absolute atomic E-state index is 0.0312. The Kier molecular flexibility index (Phi) is 9.36. The normalized spacial score (nSPS) is 13.0.